The van der Waals surface area contributed by atoms with Crippen molar-refractivity contribution in [1.82, 2.24) is 34.7 Å². The molecule has 0 spiro atoms. The van der Waals surface area contributed by atoms with E-state index in [0.717, 1.165) is 47.3 Å². The summed E-state index contributed by atoms with van der Waals surface area (Å²) in [5.41, 5.74) is 4.20. The molecule has 198 valence electrons. The molecule has 38 heavy (non-hydrogen) atoms. The van der Waals surface area contributed by atoms with Crippen molar-refractivity contribution in [1.29, 1.82) is 0 Å². The maximum absolute atomic E-state index is 13.7. The zero-order chi connectivity index (χ0) is 26.8. The van der Waals surface area contributed by atoms with Crippen molar-refractivity contribution in [2.45, 2.75) is 59.0 Å². The Morgan fingerprint density at radius 3 is 2.61 bits per heavy atom. The van der Waals surface area contributed by atoms with Crippen LogP contribution in [0.2, 0.25) is 0 Å². The van der Waals surface area contributed by atoms with Crippen LogP contribution in [0.25, 0.3) is 22.6 Å². The number of rotatable bonds is 10. The van der Waals surface area contributed by atoms with Crippen LogP contribution in [-0.2, 0) is 17.8 Å². The number of H-pyrrole nitrogens is 1. The number of aliphatic carboxylic acids is 1. The van der Waals surface area contributed by atoms with Gasteiger partial charge in [0.05, 0.1) is 24.2 Å². The summed E-state index contributed by atoms with van der Waals surface area (Å²) in [5.74, 6) is -0.324. The third-order valence-corrected chi connectivity index (χ3v) is 7.71. The summed E-state index contributed by atoms with van der Waals surface area (Å²) >= 11 is 0. The average Bonchev–Trinajstić information content (AvgIpc) is 3.52. The summed E-state index contributed by atoms with van der Waals surface area (Å²) in [6.07, 6.45) is 7.02. The molecular formula is C28H33N7O3. The van der Waals surface area contributed by atoms with E-state index in [-0.39, 0.29) is 17.6 Å². The van der Waals surface area contributed by atoms with E-state index < -0.39 is 11.9 Å². The molecule has 0 aliphatic heterocycles. The van der Waals surface area contributed by atoms with Gasteiger partial charge in [0.25, 0.3) is 0 Å². The van der Waals surface area contributed by atoms with Gasteiger partial charge in [-0.25, -0.2) is 9.89 Å². The van der Waals surface area contributed by atoms with Gasteiger partial charge in [-0.05, 0) is 53.2 Å². The van der Waals surface area contributed by atoms with Gasteiger partial charge in [0.15, 0.2) is 5.82 Å². The van der Waals surface area contributed by atoms with Gasteiger partial charge in [-0.2, -0.15) is 0 Å². The largest absolute Gasteiger partial charge is 0.481 e. The summed E-state index contributed by atoms with van der Waals surface area (Å²) in [5, 5.41) is 23.9. The molecule has 3 atom stereocenters. The number of hydrogen-bond acceptors (Lipinski definition) is 6. The third-order valence-electron chi connectivity index (χ3n) is 7.71. The summed E-state index contributed by atoms with van der Waals surface area (Å²) in [6.45, 7) is 6.69. The standard InChI is InChI=1S/C28H33N7O3/c1-4-5-8-19-16-35(25-22(17(2)3)13-23(25)27(36)37)28(38)34(19)15-18-11-12-24(29-14-18)20-9-6-7-10-21(20)26-30-32-33-31-26/h6-7,9-12,14,16-17,22-23,25H,4-5,8,13,15H2,1-3H3,(H,36,37)(H,30,31,32,33). The zero-order valence-corrected chi connectivity index (χ0v) is 21.9. The second kappa shape index (κ2) is 10.7. The van der Waals surface area contributed by atoms with Gasteiger partial charge in [-0.15, -0.1) is 5.10 Å². The van der Waals surface area contributed by atoms with Crippen molar-refractivity contribution >= 4 is 5.97 Å². The Balaban J connectivity index is 1.46. The minimum atomic E-state index is -0.831. The molecule has 3 unspecified atom stereocenters. The number of nitrogens with one attached hydrogen (secondary N) is 1. The van der Waals surface area contributed by atoms with E-state index in [2.05, 4.69) is 41.4 Å². The average molecular weight is 516 g/mol. The molecule has 0 bridgehead atoms. The van der Waals surface area contributed by atoms with Crippen LogP contribution >= 0.6 is 0 Å². The van der Waals surface area contributed by atoms with Crippen LogP contribution in [-0.4, -0.2) is 45.8 Å². The normalized spacial score (nSPS) is 19.0. The lowest BCUT2D eigenvalue weighted by molar-refractivity contribution is -0.151. The van der Waals surface area contributed by atoms with Crippen molar-refractivity contribution in [3.05, 3.63) is 70.5 Å². The fourth-order valence-electron chi connectivity index (χ4n) is 5.52. The number of unbranched alkanes of at least 4 members (excludes halogenated alkanes) is 1. The van der Waals surface area contributed by atoms with Gasteiger partial charge in [0.1, 0.15) is 0 Å². The molecule has 3 aromatic heterocycles. The number of nitrogens with zero attached hydrogens (tertiary/aromatic N) is 6. The van der Waals surface area contributed by atoms with Gasteiger partial charge in [-0.1, -0.05) is 57.5 Å². The second-order valence-electron chi connectivity index (χ2n) is 10.4. The molecule has 0 radical (unpaired) electrons. The first-order valence-electron chi connectivity index (χ1n) is 13.2. The van der Waals surface area contributed by atoms with Crippen LogP contribution in [0.5, 0.6) is 0 Å². The molecule has 1 aromatic carbocycles. The Morgan fingerprint density at radius 1 is 1.18 bits per heavy atom. The highest BCUT2D eigenvalue weighted by atomic mass is 16.4. The number of pyridine rings is 1. The van der Waals surface area contributed by atoms with E-state index >= 15 is 0 Å². The maximum Gasteiger partial charge on any atom is 0.328 e. The van der Waals surface area contributed by atoms with E-state index in [9.17, 15) is 14.7 Å². The molecule has 1 aliphatic carbocycles. The van der Waals surface area contributed by atoms with Crippen LogP contribution in [0.15, 0.2) is 53.6 Å². The summed E-state index contributed by atoms with van der Waals surface area (Å²) < 4.78 is 3.48. The van der Waals surface area contributed by atoms with Crippen LogP contribution in [0.3, 0.4) is 0 Å². The Kier molecular flexibility index (Phi) is 7.22. The van der Waals surface area contributed by atoms with E-state index in [1.54, 1.807) is 15.3 Å². The first-order chi connectivity index (χ1) is 18.4. The van der Waals surface area contributed by atoms with Gasteiger partial charge in [0.2, 0.25) is 0 Å². The van der Waals surface area contributed by atoms with E-state index in [0.29, 0.717) is 24.7 Å². The highest BCUT2D eigenvalue weighted by Crippen LogP contribution is 2.48. The van der Waals surface area contributed by atoms with Crippen molar-refractivity contribution in [2.24, 2.45) is 17.8 Å². The van der Waals surface area contributed by atoms with Crippen LogP contribution in [0.1, 0.15) is 57.3 Å². The van der Waals surface area contributed by atoms with Crippen LogP contribution in [0.4, 0.5) is 0 Å². The Morgan fingerprint density at radius 2 is 1.97 bits per heavy atom. The van der Waals surface area contributed by atoms with Gasteiger partial charge >= 0.3 is 11.7 Å². The van der Waals surface area contributed by atoms with Gasteiger partial charge in [-0.3, -0.25) is 18.9 Å². The topological polar surface area (TPSA) is 132 Å². The Hall–Kier alpha value is -4.08. The van der Waals surface area contributed by atoms with Gasteiger partial charge in [0, 0.05) is 29.2 Å². The number of aromatic amines is 1. The maximum atomic E-state index is 13.7. The van der Waals surface area contributed by atoms with E-state index in [1.165, 1.54) is 0 Å². The molecule has 10 nitrogen and oxygen atoms in total. The minimum absolute atomic E-state index is 0.148. The fourth-order valence-corrected chi connectivity index (χ4v) is 5.52. The van der Waals surface area contributed by atoms with Crippen molar-refractivity contribution in [3.8, 4) is 22.6 Å². The van der Waals surface area contributed by atoms with Crippen LogP contribution in [0, 0.1) is 17.8 Å². The van der Waals surface area contributed by atoms with Gasteiger partial charge < -0.3 is 5.11 Å². The number of hydrogen-bond donors (Lipinski definition) is 2. The van der Waals surface area contributed by atoms with Crippen molar-refractivity contribution in [3.63, 3.8) is 0 Å². The number of tetrazole rings is 1. The molecule has 10 heteroatoms. The number of carbonyl (C=O) groups is 1. The van der Waals surface area contributed by atoms with Crippen molar-refractivity contribution < 1.29 is 9.90 Å². The second-order valence-corrected chi connectivity index (χ2v) is 10.4. The molecule has 1 aliphatic rings. The lowest BCUT2D eigenvalue weighted by Crippen LogP contribution is -2.48. The van der Waals surface area contributed by atoms with E-state index in [4.69, 9.17) is 4.98 Å². The molecule has 2 N–H and O–H groups in total. The number of imidazole rings is 1. The summed E-state index contributed by atoms with van der Waals surface area (Å²) in [4.78, 5) is 30.3. The molecule has 0 amide bonds. The Bertz CT molecular complexity index is 1450. The predicted octanol–water partition coefficient (Wildman–Crippen LogP) is 4.20. The SMILES string of the molecule is CCCCc1cn(C2C(C(=O)O)CC2C(C)C)c(=O)n1Cc1ccc(-c2ccccc2-c2nnn[nH]2)nc1. The number of carboxylic acids is 1. The van der Waals surface area contributed by atoms with Crippen molar-refractivity contribution in [2.75, 3.05) is 0 Å². The first kappa shape index (κ1) is 25.6. The monoisotopic (exact) mass is 515 g/mol. The predicted molar refractivity (Wildman–Crippen MR) is 142 cm³/mol. The highest BCUT2D eigenvalue weighted by molar-refractivity contribution is 5.78. The molecular weight excluding hydrogens is 482 g/mol. The Labute approximate surface area is 220 Å². The highest BCUT2D eigenvalue weighted by Gasteiger charge is 2.48. The molecule has 4 aromatic rings. The fraction of sp³-hybridized carbons (Fsp3) is 0.429. The molecule has 3 heterocycles. The third kappa shape index (κ3) is 4.78. The summed E-state index contributed by atoms with van der Waals surface area (Å²) in [7, 11) is 0. The lowest BCUT2D eigenvalue weighted by atomic mass is 9.65. The minimum Gasteiger partial charge on any atom is -0.481 e. The quantitative estimate of drug-likeness (QED) is 0.323. The zero-order valence-electron chi connectivity index (χ0n) is 21.9. The number of carboxylic acid groups (broad SMARTS) is 1. The van der Waals surface area contributed by atoms with E-state index in [1.807, 2.05) is 42.6 Å². The smallest absolute Gasteiger partial charge is 0.328 e. The lowest BCUT2D eigenvalue weighted by Gasteiger charge is -2.45. The van der Waals surface area contributed by atoms with Crippen LogP contribution < -0.4 is 5.69 Å². The molecule has 0 saturated heterocycles. The number of aryl methyl sites for hydroxylation is 1. The number of aromatic nitrogens is 7. The first-order valence-corrected chi connectivity index (χ1v) is 13.2. The molecule has 1 fully saturated rings. The number of benzene rings is 1. The summed E-state index contributed by atoms with van der Waals surface area (Å²) in [6, 6.07) is 11.4. The molecule has 1 saturated carbocycles. The molecule has 5 rings (SSSR count).